The number of allylic oxidation sites excluding steroid dienone is 2. The highest BCUT2D eigenvalue weighted by atomic mass is 16.2. The first-order valence-corrected chi connectivity index (χ1v) is 11.0. The Labute approximate surface area is 182 Å². The van der Waals surface area contributed by atoms with E-state index < -0.39 is 6.04 Å². The molecule has 2 bridgehead atoms. The Morgan fingerprint density at radius 2 is 1.61 bits per heavy atom. The van der Waals surface area contributed by atoms with Crippen LogP contribution in [0.15, 0.2) is 66.7 Å². The molecule has 2 fully saturated rings. The average Bonchev–Trinajstić information content (AvgIpc) is 3.06. The summed E-state index contributed by atoms with van der Waals surface area (Å²) in [5.74, 6) is -0.735. The van der Waals surface area contributed by atoms with Crippen LogP contribution in [0.25, 0.3) is 0 Å². The van der Waals surface area contributed by atoms with Crippen molar-refractivity contribution in [2.45, 2.75) is 32.2 Å². The van der Waals surface area contributed by atoms with Crippen LogP contribution in [0.1, 0.15) is 36.4 Å². The molecule has 0 aromatic heterocycles. The lowest BCUT2D eigenvalue weighted by Crippen LogP contribution is -2.38. The quantitative estimate of drug-likeness (QED) is 0.587. The Morgan fingerprint density at radius 3 is 2.19 bits per heavy atom. The van der Waals surface area contributed by atoms with E-state index in [1.165, 1.54) is 4.90 Å². The molecule has 1 N–H and O–H groups in total. The van der Waals surface area contributed by atoms with Crippen LogP contribution in [0.2, 0.25) is 0 Å². The largest absolute Gasteiger partial charge is 0.326 e. The minimum absolute atomic E-state index is 0.0393. The van der Waals surface area contributed by atoms with Crippen molar-refractivity contribution in [3.05, 3.63) is 77.9 Å². The topological polar surface area (TPSA) is 66.5 Å². The third kappa shape index (κ3) is 3.48. The maximum Gasteiger partial charge on any atom is 0.234 e. The number of benzene rings is 2. The second-order valence-electron chi connectivity index (χ2n) is 8.94. The Balaban J connectivity index is 1.44. The van der Waals surface area contributed by atoms with Gasteiger partial charge in [-0.15, -0.1) is 0 Å². The minimum atomic E-state index is -0.601. The summed E-state index contributed by atoms with van der Waals surface area (Å²) < 4.78 is 0. The molecule has 2 aromatic carbocycles. The van der Waals surface area contributed by atoms with E-state index >= 15 is 0 Å². The molecule has 4 aliphatic rings. The van der Waals surface area contributed by atoms with Crippen LogP contribution < -0.4 is 5.32 Å². The number of carbonyl (C=O) groups is 3. The standard InChI is InChI=1S/C26H26N2O3/c1-16-6-5-9-20(14-16)27-22(29)15-21(17-7-3-2-4-8-17)28-25(30)23-18-10-11-19(13-12-18)24(23)26(28)31/h2-11,14,18-19,21,23-24H,12-13,15H2,1H3,(H,27,29)/t18-,19-,21+,23+,24+/m0/s1. The molecule has 1 saturated carbocycles. The maximum atomic E-state index is 13.5. The fourth-order valence-electron chi connectivity index (χ4n) is 5.55. The van der Waals surface area contributed by atoms with Crippen molar-refractivity contribution in [2.75, 3.05) is 5.32 Å². The maximum absolute atomic E-state index is 13.5. The zero-order valence-electron chi connectivity index (χ0n) is 17.5. The fraction of sp³-hybridized carbons (Fsp3) is 0.346. The Bertz CT molecular complexity index is 1030. The summed E-state index contributed by atoms with van der Waals surface area (Å²) in [6, 6.07) is 16.4. The van der Waals surface area contributed by atoms with Gasteiger partial charge >= 0.3 is 0 Å². The number of carbonyl (C=O) groups excluding carboxylic acids is 3. The van der Waals surface area contributed by atoms with E-state index in [4.69, 9.17) is 0 Å². The molecule has 3 aliphatic carbocycles. The highest BCUT2D eigenvalue weighted by molar-refractivity contribution is 6.07. The summed E-state index contributed by atoms with van der Waals surface area (Å²) in [4.78, 5) is 41.3. The van der Waals surface area contributed by atoms with Crippen molar-refractivity contribution in [1.82, 2.24) is 4.90 Å². The molecule has 3 amide bonds. The van der Waals surface area contributed by atoms with Crippen LogP contribution in [-0.4, -0.2) is 22.6 Å². The molecule has 6 rings (SSSR count). The van der Waals surface area contributed by atoms with Crippen molar-refractivity contribution < 1.29 is 14.4 Å². The molecule has 5 nitrogen and oxygen atoms in total. The summed E-state index contributed by atoms with van der Waals surface area (Å²) in [6.45, 7) is 1.97. The molecule has 1 saturated heterocycles. The van der Waals surface area contributed by atoms with Gasteiger partial charge < -0.3 is 5.32 Å². The van der Waals surface area contributed by atoms with Gasteiger partial charge in [0.2, 0.25) is 17.7 Å². The van der Waals surface area contributed by atoms with Crippen LogP contribution in [0.4, 0.5) is 5.69 Å². The molecule has 0 radical (unpaired) electrons. The molecular formula is C26H26N2O3. The number of hydrogen-bond acceptors (Lipinski definition) is 3. The number of nitrogens with zero attached hydrogens (tertiary/aromatic N) is 1. The van der Waals surface area contributed by atoms with Gasteiger partial charge in [0, 0.05) is 5.69 Å². The number of amides is 3. The molecule has 0 unspecified atom stereocenters. The first-order valence-electron chi connectivity index (χ1n) is 11.0. The van der Waals surface area contributed by atoms with Crippen LogP contribution in [0, 0.1) is 30.6 Å². The Kier molecular flexibility index (Phi) is 4.97. The van der Waals surface area contributed by atoms with Gasteiger partial charge in [-0.25, -0.2) is 0 Å². The number of anilines is 1. The van der Waals surface area contributed by atoms with E-state index in [0.717, 1.165) is 24.0 Å². The fourth-order valence-corrected chi connectivity index (χ4v) is 5.55. The number of aryl methyl sites for hydroxylation is 1. The van der Waals surface area contributed by atoms with E-state index in [1.54, 1.807) is 0 Å². The summed E-state index contributed by atoms with van der Waals surface area (Å²) in [7, 11) is 0. The first kappa shape index (κ1) is 19.7. The number of nitrogens with one attached hydrogen (secondary N) is 1. The summed E-state index contributed by atoms with van der Waals surface area (Å²) in [6.07, 6.45) is 6.19. The molecule has 2 aromatic rings. The predicted molar refractivity (Wildman–Crippen MR) is 118 cm³/mol. The Hall–Kier alpha value is -3.21. The van der Waals surface area contributed by atoms with Gasteiger partial charge in [-0.05, 0) is 54.9 Å². The monoisotopic (exact) mass is 414 g/mol. The summed E-state index contributed by atoms with van der Waals surface area (Å²) >= 11 is 0. The van der Waals surface area contributed by atoms with E-state index in [0.29, 0.717) is 5.69 Å². The van der Waals surface area contributed by atoms with Crippen molar-refractivity contribution in [1.29, 1.82) is 0 Å². The third-order valence-corrected chi connectivity index (χ3v) is 6.97. The summed E-state index contributed by atoms with van der Waals surface area (Å²) in [5, 5.41) is 2.93. The first-order chi connectivity index (χ1) is 15.0. The molecule has 1 aliphatic heterocycles. The van der Waals surface area contributed by atoms with Gasteiger partial charge in [-0.1, -0.05) is 54.6 Å². The van der Waals surface area contributed by atoms with Crippen molar-refractivity contribution in [3.63, 3.8) is 0 Å². The van der Waals surface area contributed by atoms with Crippen LogP contribution in [0.5, 0.6) is 0 Å². The van der Waals surface area contributed by atoms with Gasteiger partial charge in [-0.3, -0.25) is 19.3 Å². The molecule has 1 heterocycles. The highest BCUT2D eigenvalue weighted by Crippen LogP contribution is 2.51. The summed E-state index contributed by atoms with van der Waals surface area (Å²) in [5.41, 5.74) is 2.57. The lowest BCUT2D eigenvalue weighted by atomic mass is 9.63. The molecule has 5 atom stereocenters. The van der Waals surface area contributed by atoms with Crippen LogP contribution in [0.3, 0.4) is 0 Å². The zero-order valence-corrected chi connectivity index (χ0v) is 17.5. The number of imide groups is 1. The SMILES string of the molecule is Cc1cccc(NC(=O)C[C@H](c2ccccc2)N2C(=O)[C@H]3[C@H](C2=O)[C@H]2C=C[C@H]3CC2)c1. The molecule has 31 heavy (non-hydrogen) atoms. The lowest BCUT2D eigenvalue weighted by molar-refractivity contribution is -0.143. The second-order valence-corrected chi connectivity index (χ2v) is 8.94. The van der Waals surface area contributed by atoms with E-state index in [9.17, 15) is 14.4 Å². The van der Waals surface area contributed by atoms with E-state index in [-0.39, 0.29) is 47.8 Å². The van der Waals surface area contributed by atoms with E-state index in [2.05, 4.69) is 17.5 Å². The van der Waals surface area contributed by atoms with Crippen molar-refractivity contribution in [3.8, 4) is 0 Å². The van der Waals surface area contributed by atoms with E-state index in [1.807, 2.05) is 61.5 Å². The van der Waals surface area contributed by atoms with Gasteiger partial charge in [0.15, 0.2) is 0 Å². The smallest absolute Gasteiger partial charge is 0.234 e. The van der Waals surface area contributed by atoms with Gasteiger partial charge in [0.05, 0.1) is 24.3 Å². The Morgan fingerprint density at radius 1 is 0.968 bits per heavy atom. The zero-order chi connectivity index (χ0) is 21.5. The van der Waals surface area contributed by atoms with Crippen LogP contribution >= 0.6 is 0 Å². The lowest BCUT2D eigenvalue weighted by Gasteiger charge is -2.38. The molecule has 158 valence electrons. The number of rotatable bonds is 5. The average molecular weight is 415 g/mol. The van der Waals surface area contributed by atoms with Gasteiger partial charge in [0.25, 0.3) is 0 Å². The number of fused-ring (bicyclic) bond motifs is 1. The number of likely N-dealkylation sites (tertiary alicyclic amines) is 1. The third-order valence-electron chi connectivity index (χ3n) is 6.97. The van der Waals surface area contributed by atoms with Gasteiger partial charge in [-0.2, -0.15) is 0 Å². The normalized spacial score (nSPS) is 27.3. The second kappa shape index (κ2) is 7.80. The minimum Gasteiger partial charge on any atom is -0.326 e. The van der Waals surface area contributed by atoms with Crippen molar-refractivity contribution >= 4 is 23.4 Å². The predicted octanol–water partition coefficient (Wildman–Crippen LogP) is 4.26. The molecular weight excluding hydrogens is 388 g/mol. The van der Waals surface area contributed by atoms with Crippen molar-refractivity contribution in [2.24, 2.45) is 23.7 Å². The molecule has 5 heteroatoms. The molecule has 0 spiro atoms. The van der Waals surface area contributed by atoms with Crippen LogP contribution in [-0.2, 0) is 14.4 Å². The highest BCUT2D eigenvalue weighted by Gasteiger charge is 2.58. The number of hydrogen-bond donors (Lipinski definition) is 1. The van der Waals surface area contributed by atoms with Gasteiger partial charge in [0.1, 0.15) is 0 Å².